The minimum Gasteiger partial charge on any atom is -0.339 e. The van der Waals surface area contributed by atoms with E-state index in [2.05, 4.69) is 29.3 Å². The van der Waals surface area contributed by atoms with Crippen LogP contribution in [0, 0.1) is 6.92 Å². The molecule has 0 aromatic carbocycles. The zero-order valence-electron chi connectivity index (χ0n) is 11.5. The molecule has 1 amide bonds. The van der Waals surface area contributed by atoms with Crippen LogP contribution >= 0.6 is 12.4 Å². The number of hydrogen-bond donors (Lipinski definition) is 1. The van der Waals surface area contributed by atoms with E-state index < -0.39 is 0 Å². The third kappa shape index (κ3) is 3.91. The molecule has 1 aliphatic rings. The van der Waals surface area contributed by atoms with Crippen molar-refractivity contribution in [3.63, 3.8) is 0 Å². The van der Waals surface area contributed by atoms with Crippen molar-refractivity contribution in [1.29, 1.82) is 0 Å². The van der Waals surface area contributed by atoms with Gasteiger partial charge in [0, 0.05) is 38.0 Å². The minimum absolute atomic E-state index is 0. The third-order valence-electron chi connectivity index (χ3n) is 3.48. The number of piperazine rings is 1. The van der Waals surface area contributed by atoms with Gasteiger partial charge in [-0.15, -0.1) is 12.4 Å². The molecule has 0 radical (unpaired) electrons. The molecule has 1 N–H and O–H groups in total. The van der Waals surface area contributed by atoms with Gasteiger partial charge in [0.25, 0.3) is 0 Å². The van der Waals surface area contributed by atoms with Crippen molar-refractivity contribution in [3.8, 4) is 0 Å². The quantitative estimate of drug-likeness (QED) is 0.896. The molecule has 1 fully saturated rings. The first-order valence-corrected chi connectivity index (χ1v) is 6.40. The number of aryl methyl sites for hydroxylation is 2. The van der Waals surface area contributed by atoms with Gasteiger partial charge in [-0.3, -0.25) is 4.79 Å². The molecule has 7 heteroatoms. The van der Waals surface area contributed by atoms with E-state index in [0.717, 1.165) is 13.1 Å². The number of aromatic nitrogens is 2. The maximum absolute atomic E-state index is 12.1. The Bertz CT molecular complexity index is 424. The molecule has 19 heavy (non-hydrogen) atoms. The molecule has 108 valence electrons. The number of amides is 1. The molecule has 1 saturated heterocycles. The van der Waals surface area contributed by atoms with E-state index >= 15 is 0 Å². The summed E-state index contributed by atoms with van der Waals surface area (Å²) < 4.78 is 5.01. The maximum atomic E-state index is 12.1. The van der Waals surface area contributed by atoms with Crippen molar-refractivity contribution in [1.82, 2.24) is 20.4 Å². The van der Waals surface area contributed by atoms with Crippen LogP contribution in [-0.4, -0.2) is 46.1 Å². The molecular formula is C12H21ClN4O2. The lowest BCUT2D eigenvalue weighted by atomic mass is 10.1. The van der Waals surface area contributed by atoms with Crippen molar-refractivity contribution in [2.24, 2.45) is 0 Å². The first-order chi connectivity index (χ1) is 8.58. The lowest BCUT2D eigenvalue weighted by Gasteiger charge is -2.38. The van der Waals surface area contributed by atoms with Crippen molar-refractivity contribution in [2.75, 3.05) is 13.1 Å². The number of carbonyl (C=O) groups is 1. The Kier molecular flexibility index (Phi) is 5.75. The third-order valence-corrected chi connectivity index (χ3v) is 3.48. The van der Waals surface area contributed by atoms with Crippen LogP contribution in [0.2, 0.25) is 0 Å². The summed E-state index contributed by atoms with van der Waals surface area (Å²) in [5.41, 5.74) is 0. The molecule has 2 atom stereocenters. The summed E-state index contributed by atoms with van der Waals surface area (Å²) in [6.07, 6.45) is 0.948. The van der Waals surface area contributed by atoms with Crippen molar-refractivity contribution >= 4 is 18.3 Å². The first kappa shape index (κ1) is 15.9. The number of rotatable bonds is 3. The Morgan fingerprint density at radius 2 is 2.26 bits per heavy atom. The van der Waals surface area contributed by atoms with Crippen LogP contribution in [-0.2, 0) is 11.2 Å². The summed E-state index contributed by atoms with van der Waals surface area (Å²) in [7, 11) is 0. The van der Waals surface area contributed by atoms with Gasteiger partial charge in [0.1, 0.15) is 0 Å². The fourth-order valence-corrected chi connectivity index (χ4v) is 2.21. The number of nitrogens with one attached hydrogen (secondary N) is 1. The second-order valence-corrected chi connectivity index (χ2v) is 4.81. The van der Waals surface area contributed by atoms with Crippen LogP contribution in [0.3, 0.4) is 0 Å². The second kappa shape index (κ2) is 6.86. The van der Waals surface area contributed by atoms with Gasteiger partial charge in [-0.2, -0.15) is 4.98 Å². The van der Waals surface area contributed by atoms with Crippen LogP contribution in [0.15, 0.2) is 4.52 Å². The Labute approximate surface area is 119 Å². The highest BCUT2D eigenvalue weighted by Gasteiger charge is 2.27. The van der Waals surface area contributed by atoms with E-state index in [0.29, 0.717) is 30.6 Å². The van der Waals surface area contributed by atoms with Crippen LogP contribution in [0.5, 0.6) is 0 Å². The van der Waals surface area contributed by atoms with Gasteiger partial charge in [0.2, 0.25) is 11.8 Å². The molecule has 2 rings (SSSR count). The lowest BCUT2D eigenvalue weighted by molar-refractivity contribution is -0.134. The highest BCUT2D eigenvalue weighted by molar-refractivity contribution is 5.85. The fourth-order valence-electron chi connectivity index (χ4n) is 2.21. The summed E-state index contributed by atoms with van der Waals surface area (Å²) in [6, 6.07) is 0.573. The molecular weight excluding hydrogens is 268 g/mol. The molecule has 0 spiro atoms. The zero-order chi connectivity index (χ0) is 13.1. The summed E-state index contributed by atoms with van der Waals surface area (Å²) in [4.78, 5) is 18.2. The molecule has 0 saturated carbocycles. The number of nitrogens with zero attached hydrogens (tertiary/aromatic N) is 3. The smallest absolute Gasteiger partial charge is 0.227 e. The van der Waals surface area contributed by atoms with E-state index in [-0.39, 0.29) is 24.4 Å². The standard InChI is InChI=1S/C12H20N4O2.ClH/c1-8-9(2)16(7-6-13-8)12(17)5-4-11-14-10(3)15-18-11;/h8-9,13H,4-7H2,1-3H3;1H. The number of hydrogen-bond acceptors (Lipinski definition) is 5. The van der Waals surface area contributed by atoms with Gasteiger partial charge >= 0.3 is 0 Å². The van der Waals surface area contributed by atoms with Gasteiger partial charge in [0.15, 0.2) is 5.82 Å². The monoisotopic (exact) mass is 288 g/mol. The molecule has 0 bridgehead atoms. The average Bonchev–Trinajstić information content (AvgIpc) is 2.76. The van der Waals surface area contributed by atoms with Gasteiger partial charge in [0.05, 0.1) is 0 Å². The number of carbonyl (C=O) groups excluding carboxylic acids is 1. The average molecular weight is 289 g/mol. The van der Waals surface area contributed by atoms with Crippen molar-refractivity contribution in [3.05, 3.63) is 11.7 Å². The summed E-state index contributed by atoms with van der Waals surface area (Å²) in [5, 5.41) is 7.07. The Hall–Kier alpha value is -1.14. The van der Waals surface area contributed by atoms with Crippen LogP contribution < -0.4 is 5.32 Å². The van der Waals surface area contributed by atoms with E-state index in [9.17, 15) is 4.79 Å². The molecule has 2 heterocycles. The Balaban J connectivity index is 0.00000180. The van der Waals surface area contributed by atoms with Crippen LogP contribution in [0.1, 0.15) is 32.0 Å². The predicted molar refractivity (Wildman–Crippen MR) is 73.2 cm³/mol. The molecule has 0 aliphatic carbocycles. The van der Waals surface area contributed by atoms with Gasteiger partial charge in [-0.25, -0.2) is 0 Å². The Morgan fingerprint density at radius 1 is 1.53 bits per heavy atom. The normalized spacial score (nSPS) is 23.0. The van der Waals surface area contributed by atoms with Crippen LogP contribution in [0.25, 0.3) is 0 Å². The lowest BCUT2D eigenvalue weighted by Crippen LogP contribution is -2.57. The number of halogens is 1. The van der Waals surface area contributed by atoms with Gasteiger partial charge in [-0.1, -0.05) is 5.16 Å². The second-order valence-electron chi connectivity index (χ2n) is 4.81. The van der Waals surface area contributed by atoms with E-state index in [1.165, 1.54) is 0 Å². The van der Waals surface area contributed by atoms with Crippen LogP contribution in [0.4, 0.5) is 0 Å². The fraction of sp³-hybridized carbons (Fsp3) is 0.750. The molecule has 2 unspecified atom stereocenters. The minimum atomic E-state index is 0. The van der Waals surface area contributed by atoms with E-state index in [1.807, 2.05) is 4.90 Å². The summed E-state index contributed by atoms with van der Waals surface area (Å²) >= 11 is 0. The largest absolute Gasteiger partial charge is 0.339 e. The molecule has 1 aliphatic heterocycles. The van der Waals surface area contributed by atoms with Crippen molar-refractivity contribution < 1.29 is 9.32 Å². The first-order valence-electron chi connectivity index (χ1n) is 6.40. The van der Waals surface area contributed by atoms with Gasteiger partial charge in [-0.05, 0) is 20.8 Å². The highest BCUT2D eigenvalue weighted by Crippen LogP contribution is 2.11. The Morgan fingerprint density at radius 3 is 2.89 bits per heavy atom. The molecule has 1 aromatic rings. The maximum Gasteiger partial charge on any atom is 0.227 e. The van der Waals surface area contributed by atoms with E-state index in [4.69, 9.17) is 4.52 Å². The topological polar surface area (TPSA) is 71.3 Å². The summed E-state index contributed by atoms with van der Waals surface area (Å²) in [5.74, 6) is 1.31. The zero-order valence-corrected chi connectivity index (χ0v) is 12.4. The SMILES string of the molecule is Cc1noc(CCC(=O)N2CCNC(C)C2C)n1.Cl. The molecule has 1 aromatic heterocycles. The van der Waals surface area contributed by atoms with Crippen molar-refractivity contribution in [2.45, 2.75) is 45.7 Å². The predicted octanol–water partition coefficient (Wildman–Crippen LogP) is 0.941. The van der Waals surface area contributed by atoms with Gasteiger partial charge < -0.3 is 14.7 Å². The summed E-state index contributed by atoms with van der Waals surface area (Å²) in [6.45, 7) is 7.58. The highest BCUT2D eigenvalue weighted by atomic mass is 35.5. The molecule has 6 nitrogen and oxygen atoms in total. The van der Waals surface area contributed by atoms with E-state index in [1.54, 1.807) is 6.92 Å².